The molecule has 3 aromatic carbocycles. The number of anilines is 1. The van der Waals surface area contributed by atoms with Gasteiger partial charge in [-0.25, -0.2) is 0 Å². The first kappa shape index (κ1) is 24.5. The van der Waals surface area contributed by atoms with E-state index >= 15 is 0 Å². The van der Waals surface area contributed by atoms with Crippen LogP contribution in [0.15, 0.2) is 83.8 Å². The molecular weight excluding hydrogens is 464 g/mol. The minimum atomic E-state index is -0.103. The van der Waals surface area contributed by atoms with Gasteiger partial charge in [-0.3, -0.25) is 4.79 Å². The predicted molar refractivity (Wildman–Crippen MR) is 150 cm³/mol. The molecule has 1 amide bonds. The topological polar surface area (TPSA) is 41.6 Å². The fourth-order valence-corrected chi connectivity index (χ4v) is 6.36. The fraction of sp³-hybridized carbons (Fsp3) is 0.323. The van der Waals surface area contributed by atoms with Crippen molar-refractivity contribution in [3.63, 3.8) is 0 Å². The van der Waals surface area contributed by atoms with Crippen LogP contribution in [-0.4, -0.2) is 22.3 Å². The van der Waals surface area contributed by atoms with Crippen molar-refractivity contribution in [1.82, 2.24) is 4.90 Å². The number of para-hydroxylation sites is 1. The molecule has 186 valence electrons. The average Bonchev–Trinajstić information content (AvgIpc) is 3.18. The minimum Gasteiger partial charge on any atom is -0.489 e. The third-order valence-corrected chi connectivity index (χ3v) is 8.20. The Morgan fingerprint density at radius 1 is 1.00 bits per heavy atom. The predicted octanol–water partition coefficient (Wildman–Crippen LogP) is 7.46. The van der Waals surface area contributed by atoms with Crippen LogP contribution in [0.3, 0.4) is 0 Å². The summed E-state index contributed by atoms with van der Waals surface area (Å²) in [7, 11) is 0. The Hall–Kier alpha value is -3.18. The highest BCUT2D eigenvalue weighted by molar-refractivity contribution is 8.05. The lowest BCUT2D eigenvalue weighted by molar-refractivity contribution is -0.129. The Kier molecular flexibility index (Phi) is 7.66. The van der Waals surface area contributed by atoms with Gasteiger partial charge in [0.2, 0.25) is 0 Å². The van der Waals surface area contributed by atoms with Gasteiger partial charge in [-0.05, 0) is 67.2 Å². The monoisotopic (exact) mass is 498 g/mol. The number of carbonyl (C=O) groups is 1. The second kappa shape index (κ2) is 11.3. The lowest BCUT2D eigenvalue weighted by atomic mass is 9.85. The number of benzene rings is 3. The van der Waals surface area contributed by atoms with Gasteiger partial charge in [0, 0.05) is 11.7 Å². The van der Waals surface area contributed by atoms with E-state index in [0.29, 0.717) is 12.5 Å². The molecule has 4 nitrogen and oxygen atoms in total. The maximum atomic E-state index is 13.7. The van der Waals surface area contributed by atoms with Crippen LogP contribution in [0, 0.1) is 12.8 Å². The lowest BCUT2D eigenvalue weighted by Crippen LogP contribution is -2.48. The minimum absolute atomic E-state index is 0.103. The van der Waals surface area contributed by atoms with Crippen LogP contribution in [0.4, 0.5) is 5.69 Å². The fourth-order valence-electron chi connectivity index (χ4n) is 5.15. The molecule has 0 aromatic heterocycles. The smallest absolute Gasteiger partial charge is 0.262 e. The summed E-state index contributed by atoms with van der Waals surface area (Å²) >= 11 is 1.62. The standard InChI is InChI=1S/C31H34N2O2S/c1-22-9-8-11-25(19-22)21-35-27-17-15-24(16-18-27)20-29-30(34)33(28-14-7-6-10-23(28)2)31(36-29)32-26-12-4-3-5-13-26/h3-5,8-9,11-13,15-20,23,28,31-32H,6-7,10,14,21H2,1-2H3/b29-20-/t23-,28+,31?/m0/s1. The maximum Gasteiger partial charge on any atom is 0.262 e. The average molecular weight is 499 g/mol. The Morgan fingerprint density at radius 2 is 1.78 bits per heavy atom. The van der Waals surface area contributed by atoms with Crippen LogP contribution in [0.5, 0.6) is 5.75 Å². The van der Waals surface area contributed by atoms with E-state index in [1.54, 1.807) is 11.8 Å². The zero-order chi connectivity index (χ0) is 24.9. The number of nitrogens with zero attached hydrogens (tertiary/aromatic N) is 1. The van der Waals surface area contributed by atoms with E-state index in [9.17, 15) is 4.79 Å². The molecule has 1 N–H and O–H groups in total. The van der Waals surface area contributed by atoms with E-state index in [1.165, 1.54) is 24.8 Å². The van der Waals surface area contributed by atoms with Crippen LogP contribution in [-0.2, 0) is 11.4 Å². The van der Waals surface area contributed by atoms with Crippen molar-refractivity contribution >= 4 is 29.4 Å². The molecule has 2 aliphatic rings. The number of ether oxygens (including phenoxy) is 1. The van der Waals surface area contributed by atoms with Gasteiger partial charge in [0.1, 0.15) is 12.4 Å². The van der Waals surface area contributed by atoms with Crippen LogP contribution in [0.1, 0.15) is 49.3 Å². The van der Waals surface area contributed by atoms with E-state index in [-0.39, 0.29) is 17.4 Å². The molecule has 2 fully saturated rings. The molecule has 0 radical (unpaired) electrons. The Labute approximate surface area is 218 Å². The number of nitrogens with one attached hydrogen (secondary N) is 1. The van der Waals surface area contributed by atoms with Gasteiger partial charge < -0.3 is 15.0 Å². The SMILES string of the molecule is Cc1cccc(COc2ccc(/C=C3\SC(Nc4ccccc4)N([C@@H]4CCCC[C@@H]4C)C3=O)cc2)c1. The summed E-state index contributed by atoms with van der Waals surface area (Å²) < 4.78 is 5.97. The molecule has 0 spiro atoms. The third-order valence-electron chi connectivity index (χ3n) is 7.09. The highest BCUT2D eigenvalue weighted by Crippen LogP contribution is 2.42. The molecule has 36 heavy (non-hydrogen) atoms. The Morgan fingerprint density at radius 3 is 2.53 bits per heavy atom. The molecule has 5 rings (SSSR count). The molecule has 3 aromatic rings. The number of hydrogen-bond acceptors (Lipinski definition) is 4. The summed E-state index contributed by atoms with van der Waals surface area (Å²) in [5.74, 6) is 1.46. The number of rotatable bonds is 7. The second-order valence-electron chi connectivity index (χ2n) is 9.88. The highest BCUT2D eigenvalue weighted by atomic mass is 32.2. The first-order chi connectivity index (χ1) is 17.6. The van der Waals surface area contributed by atoms with Crippen molar-refractivity contribution in [3.8, 4) is 5.75 Å². The van der Waals surface area contributed by atoms with Gasteiger partial charge in [0.05, 0.1) is 4.91 Å². The van der Waals surface area contributed by atoms with Crippen molar-refractivity contribution in [2.75, 3.05) is 5.32 Å². The van der Waals surface area contributed by atoms with E-state index in [2.05, 4.69) is 60.5 Å². The van der Waals surface area contributed by atoms with Crippen LogP contribution >= 0.6 is 11.8 Å². The summed E-state index contributed by atoms with van der Waals surface area (Å²) in [5, 5.41) is 3.61. The molecule has 0 bridgehead atoms. The summed E-state index contributed by atoms with van der Waals surface area (Å²) in [6, 6.07) is 26.8. The second-order valence-corrected chi connectivity index (χ2v) is 11.0. The van der Waals surface area contributed by atoms with Gasteiger partial charge in [-0.15, -0.1) is 0 Å². The summed E-state index contributed by atoms with van der Waals surface area (Å²) in [6.45, 7) is 4.92. The molecule has 1 saturated carbocycles. The molecule has 1 aliphatic heterocycles. The Balaban J connectivity index is 1.32. The molecule has 1 aliphatic carbocycles. The maximum absolute atomic E-state index is 13.7. The number of thioether (sulfide) groups is 1. The quantitative estimate of drug-likeness (QED) is 0.343. The van der Waals surface area contributed by atoms with E-state index < -0.39 is 0 Å². The van der Waals surface area contributed by atoms with Crippen molar-refractivity contribution in [2.45, 2.75) is 57.7 Å². The molecular formula is C31H34N2O2S. The molecule has 1 heterocycles. The van der Waals surface area contributed by atoms with Crippen LogP contribution in [0.2, 0.25) is 0 Å². The largest absolute Gasteiger partial charge is 0.489 e. The van der Waals surface area contributed by atoms with Crippen LogP contribution in [0.25, 0.3) is 6.08 Å². The summed E-state index contributed by atoms with van der Waals surface area (Å²) in [4.78, 5) is 16.6. The van der Waals surface area contributed by atoms with Crippen molar-refractivity contribution in [2.24, 2.45) is 5.92 Å². The zero-order valence-electron chi connectivity index (χ0n) is 21.0. The molecule has 3 atom stereocenters. The number of aryl methyl sites for hydroxylation is 1. The van der Waals surface area contributed by atoms with Crippen molar-refractivity contribution in [3.05, 3.63) is 100 Å². The van der Waals surface area contributed by atoms with E-state index in [0.717, 1.165) is 33.9 Å². The molecule has 5 heteroatoms. The normalized spacial score (nSPS) is 23.2. The number of hydrogen-bond donors (Lipinski definition) is 1. The van der Waals surface area contributed by atoms with Gasteiger partial charge in [0.25, 0.3) is 5.91 Å². The third kappa shape index (κ3) is 5.79. The summed E-state index contributed by atoms with van der Waals surface area (Å²) in [5.41, 5.74) is 4.32. The molecule has 1 unspecified atom stereocenters. The number of carbonyl (C=O) groups excluding carboxylic acids is 1. The van der Waals surface area contributed by atoms with Gasteiger partial charge in [-0.2, -0.15) is 0 Å². The summed E-state index contributed by atoms with van der Waals surface area (Å²) in [6.07, 6.45) is 6.71. The first-order valence-electron chi connectivity index (χ1n) is 12.9. The Bertz CT molecular complexity index is 1210. The van der Waals surface area contributed by atoms with Gasteiger partial charge in [-0.1, -0.05) is 91.7 Å². The lowest BCUT2D eigenvalue weighted by Gasteiger charge is -2.39. The van der Waals surface area contributed by atoms with Crippen LogP contribution < -0.4 is 10.1 Å². The number of amides is 1. The highest BCUT2D eigenvalue weighted by Gasteiger charge is 2.42. The van der Waals surface area contributed by atoms with E-state index in [4.69, 9.17) is 4.74 Å². The van der Waals surface area contributed by atoms with Crippen molar-refractivity contribution in [1.29, 1.82) is 0 Å². The first-order valence-corrected chi connectivity index (χ1v) is 13.8. The van der Waals surface area contributed by atoms with Gasteiger partial charge >= 0.3 is 0 Å². The zero-order valence-corrected chi connectivity index (χ0v) is 21.8. The van der Waals surface area contributed by atoms with Gasteiger partial charge in [0.15, 0.2) is 5.50 Å². The van der Waals surface area contributed by atoms with Crippen molar-refractivity contribution < 1.29 is 9.53 Å². The van der Waals surface area contributed by atoms with E-state index in [1.807, 2.05) is 48.5 Å². The molecule has 1 saturated heterocycles.